The van der Waals surface area contributed by atoms with Gasteiger partial charge in [-0.25, -0.2) is 0 Å². The molecule has 0 bridgehead atoms. The molecular formula is C33H42F2N2O7. The van der Waals surface area contributed by atoms with Gasteiger partial charge >= 0.3 is 6.61 Å². The lowest BCUT2D eigenvalue weighted by Gasteiger charge is -2.26. The quantitative estimate of drug-likeness (QED) is 0.206. The van der Waals surface area contributed by atoms with Gasteiger partial charge in [-0.05, 0) is 49.7 Å². The topological polar surface area (TPSA) is 134 Å². The second kappa shape index (κ2) is 16.5. The molecule has 1 heterocycles. The molecule has 2 aromatic carbocycles. The van der Waals surface area contributed by atoms with Crippen LogP contribution in [0.5, 0.6) is 0 Å². The van der Waals surface area contributed by atoms with Gasteiger partial charge in [-0.1, -0.05) is 74.5 Å². The summed E-state index contributed by atoms with van der Waals surface area (Å²) in [4.78, 5) is 53.0. The van der Waals surface area contributed by atoms with E-state index in [2.05, 4.69) is 15.4 Å². The van der Waals surface area contributed by atoms with E-state index in [9.17, 15) is 33.1 Å². The number of ketones is 2. The lowest BCUT2D eigenvalue weighted by molar-refractivity contribution is -0.149. The third kappa shape index (κ3) is 11.2. The minimum Gasteiger partial charge on any atom is -0.383 e. The summed E-state index contributed by atoms with van der Waals surface area (Å²) in [6, 6.07) is 15.7. The number of hydrogen-bond donors (Lipinski definition) is 3. The van der Waals surface area contributed by atoms with Crippen LogP contribution in [-0.2, 0) is 41.5 Å². The number of rotatable bonds is 19. The first-order chi connectivity index (χ1) is 20.9. The van der Waals surface area contributed by atoms with Gasteiger partial charge in [-0.15, -0.1) is 0 Å². The standard InChI is InChI=1S/C33H42F2N2O7/c1-21(2)16-25(29(40)33(3)20-44-33)36-30(41)24(17-23-12-8-5-9-13-23)18-28(39)26(19-43-32(34)35)37-31(42)27(38)15-14-22-10-6-4-7-11-22/h4-13,21,24-27,32,38H,14-20H2,1-3H3,(H,36,41)(H,37,42)/t24-,25+,26+,27+,33-/m1/s1. The number of carbonyl (C=O) groups excluding carboxylic acids is 4. The van der Waals surface area contributed by atoms with Crippen molar-refractivity contribution in [1.29, 1.82) is 0 Å². The smallest absolute Gasteiger partial charge is 0.345 e. The lowest BCUT2D eigenvalue weighted by Crippen LogP contribution is -2.51. The van der Waals surface area contributed by atoms with E-state index in [1.165, 1.54) is 0 Å². The Bertz CT molecular complexity index is 1240. The molecule has 3 N–H and O–H groups in total. The Morgan fingerprint density at radius 1 is 0.932 bits per heavy atom. The van der Waals surface area contributed by atoms with Crippen LogP contribution in [0.15, 0.2) is 60.7 Å². The van der Waals surface area contributed by atoms with Gasteiger partial charge in [0, 0.05) is 12.3 Å². The van der Waals surface area contributed by atoms with Gasteiger partial charge in [0.25, 0.3) is 0 Å². The molecule has 240 valence electrons. The van der Waals surface area contributed by atoms with Crippen LogP contribution in [0.1, 0.15) is 51.2 Å². The van der Waals surface area contributed by atoms with Crippen molar-refractivity contribution >= 4 is 23.4 Å². The molecule has 1 aliphatic rings. The molecule has 1 saturated heterocycles. The number of epoxide rings is 1. The van der Waals surface area contributed by atoms with E-state index in [-0.39, 0.29) is 31.1 Å². The van der Waals surface area contributed by atoms with Crippen LogP contribution >= 0.6 is 0 Å². The van der Waals surface area contributed by atoms with E-state index >= 15 is 0 Å². The maximum Gasteiger partial charge on any atom is 0.345 e. The molecule has 0 aliphatic carbocycles. The summed E-state index contributed by atoms with van der Waals surface area (Å²) in [5.74, 6) is -3.39. The van der Waals surface area contributed by atoms with Crippen LogP contribution in [-0.4, -0.2) is 72.1 Å². The maximum atomic E-state index is 13.6. The van der Waals surface area contributed by atoms with Crippen LogP contribution in [0, 0.1) is 11.8 Å². The van der Waals surface area contributed by atoms with Crippen molar-refractivity contribution in [2.24, 2.45) is 11.8 Å². The molecule has 0 radical (unpaired) electrons. The molecule has 0 spiro atoms. The number of aryl methyl sites for hydroxylation is 1. The molecular weight excluding hydrogens is 574 g/mol. The largest absolute Gasteiger partial charge is 0.383 e. The number of aliphatic hydroxyl groups excluding tert-OH is 1. The summed E-state index contributed by atoms with van der Waals surface area (Å²) in [5.41, 5.74) is 0.658. The van der Waals surface area contributed by atoms with Gasteiger partial charge in [0.05, 0.1) is 19.3 Å². The zero-order valence-corrected chi connectivity index (χ0v) is 25.3. The SMILES string of the molecule is CC(C)C[C@H](NC(=O)[C@@H](CC(=O)[C@H](COC(F)F)NC(=O)[C@@H](O)CCc1ccccc1)Cc1ccccc1)C(=O)[C@@]1(C)CO1. The van der Waals surface area contributed by atoms with Crippen molar-refractivity contribution in [2.75, 3.05) is 13.2 Å². The fourth-order valence-corrected chi connectivity index (χ4v) is 4.88. The Morgan fingerprint density at radius 2 is 1.50 bits per heavy atom. The highest BCUT2D eigenvalue weighted by atomic mass is 19.3. The molecule has 11 heteroatoms. The molecule has 0 saturated carbocycles. The number of nitrogens with one attached hydrogen (secondary N) is 2. The maximum absolute atomic E-state index is 13.6. The molecule has 3 rings (SSSR count). The fraction of sp³-hybridized carbons (Fsp3) is 0.515. The first-order valence-electron chi connectivity index (χ1n) is 14.9. The van der Waals surface area contributed by atoms with Crippen LogP contribution in [0.2, 0.25) is 0 Å². The zero-order valence-electron chi connectivity index (χ0n) is 25.3. The van der Waals surface area contributed by atoms with E-state index in [1.54, 1.807) is 37.3 Å². The minimum absolute atomic E-state index is 0.0411. The van der Waals surface area contributed by atoms with E-state index in [1.807, 2.05) is 44.2 Å². The van der Waals surface area contributed by atoms with Gasteiger partial charge in [-0.2, -0.15) is 8.78 Å². The second-order valence-electron chi connectivity index (χ2n) is 11.8. The number of alkyl halides is 2. The number of carbonyl (C=O) groups is 4. The summed E-state index contributed by atoms with van der Waals surface area (Å²) < 4.78 is 35.6. The molecule has 2 aromatic rings. The first-order valence-corrected chi connectivity index (χ1v) is 14.9. The highest BCUT2D eigenvalue weighted by molar-refractivity contribution is 5.98. The van der Waals surface area contributed by atoms with Crippen molar-refractivity contribution < 1.29 is 42.5 Å². The third-order valence-corrected chi connectivity index (χ3v) is 7.53. The molecule has 0 unspecified atom stereocenters. The number of Topliss-reactive ketones (excluding diaryl/α,β-unsaturated/α-hetero) is 2. The predicted octanol–water partition coefficient (Wildman–Crippen LogP) is 3.41. The highest BCUT2D eigenvalue weighted by Crippen LogP contribution is 2.30. The van der Waals surface area contributed by atoms with E-state index in [4.69, 9.17) is 4.74 Å². The van der Waals surface area contributed by atoms with Crippen molar-refractivity contribution in [2.45, 2.75) is 83.3 Å². The molecule has 5 atom stereocenters. The summed E-state index contributed by atoms with van der Waals surface area (Å²) in [6.45, 7) is 1.69. The first kappa shape index (κ1) is 34.9. The Balaban J connectivity index is 1.75. The monoisotopic (exact) mass is 616 g/mol. The van der Waals surface area contributed by atoms with Crippen molar-refractivity contribution in [3.63, 3.8) is 0 Å². The second-order valence-corrected chi connectivity index (χ2v) is 11.8. The van der Waals surface area contributed by atoms with Crippen LogP contribution < -0.4 is 10.6 Å². The number of hydrogen-bond acceptors (Lipinski definition) is 7. The lowest BCUT2D eigenvalue weighted by atomic mass is 9.89. The highest BCUT2D eigenvalue weighted by Gasteiger charge is 2.50. The molecule has 1 fully saturated rings. The predicted molar refractivity (Wildman–Crippen MR) is 159 cm³/mol. The van der Waals surface area contributed by atoms with Crippen LogP contribution in [0.25, 0.3) is 0 Å². The molecule has 1 aliphatic heterocycles. The van der Waals surface area contributed by atoms with E-state index < -0.39 is 66.9 Å². The number of aliphatic hydroxyl groups is 1. The van der Waals surface area contributed by atoms with Gasteiger partial charge < -0.3 is 25.2 Å². The average molecular weight is 617 g/mol. The van der Waals surface area contributed by atoms with Gasteiger partial charge in [-0.3, -0.25) is 19.2 Å². The number of ether oxygens (including phenoxy) is 2. The number of amides is 2. The van der Waals surface area contributed by atoms with Crippen molar-refractivity contribution in [3.8, 4) is 0 Å². The normalized spacial score (nSPS) is 18.7. The van der Waals surface area contributed by atoms with Gasteiger partial charge in [0.2, 0.25) is 11.8 Å². The number of halogens is 2. The van der Waals surface area contributed by atoms with Crippen molar-refractivity contribution in [1.82, 2.24) is 10.6 Å². The van der Waals surface area contributed by atoms with Gasteiger partial charge in [0.15, 0.2) is 11.6 Å². The van der Waals surface area contributed by atoms with E-state index in [0.717, 1.165) is 11.1 Å². The summed E-state index contributed by atoms with van der Waals surface area (Å²) in [5, 5.41) is 15.6. The number of benzene rings is 2. The Kier molecular flexibility index (Phi) is 13.1. The molecule has 44 heavy (non-hydrogen) atoms. The average Bonchev–Trinajstić information content (AvgIpc) is 3.75. The zero-order chi connectivity index (χ0) is 32.3. The van der Waals surface area contributed by atoms with Crippen LogP contribution in [0.3, 0.4) is 0 Å². The Labute approximate surface area is 256 Å². The third-order valence-electron chi connectivity index (χ3n) is 7.53. The minimum atomic E-state index is -3.21. The summed E-state index contributed by atoms with van der Waals surface area (Å²) in [7, 11) is 0. The molecule has 0 aromatic heterocycles. The Morgan fingerprint density at radius 3 is 2.05 bits per heavy atom. The summed E-state index contributed by atoms with van der Waals surface area (Å²) in [6.07, 6.45) is -1.05. The summed E-state index contributed by atoms with van der Waals surface area (Å²) >= 11 is 0. The van der Waals surface area contributed by atoms with Crippen molar-refractivity contribution in [3.05, 3.63) is 71.8 Å². The van der Waals surface area contributed by atoms with Crippen LogP contribution in [0.4, 0.5) is 8.78 Å². The van der Waals surface area contributed by atoms with Gasteiger partial charge in [0.1, 0.15) is 17.7 Å². The molecule has 9 nitrogen and oxygen atoms in total. The van der Waals surface area contributed by atoms with E-state index in [0.29, 0.717) is 12.8 Å². The molecule has 2 amide bonds. The fourth-order valence-electron chi connectivity index (χ4n) is 4.88. The Hall–Kier alpha value is -3.54.